The van der Waals surface area contributed by atoms with Crippen LogP contribution in [0.3, 0.4) is 0 Å². The van der Waals surface area contributed by atoms with Crippen LogP contribution in [-0.2, 0) is 16.1 Å². The van der Waals surface area contributed by atoms with E-state index in [1.165, 1.54) is 0 Å². The molecule has 0 aliphatic carbocycles. The van der Waals surface area contributed by atoms with E-state index in [2.05, 4.69) is 0 Å². The van der Waals surface area contributed by atoms with Crippen molar-refractivity contribution in [3.05, 3.63) is 29.5 Å². The second kappa shape index (κ2) is 6.51. The molecular formula is C16H19NO5. The number of esters is 1. The highest BCUT2D eigenvalue weighted by atomic mass is 16.5. The number of aromatic nitrogens is 1. The lowest BCUT2D eigenvalue weighted by Crippen LogP contribution is -2.09. The lowest BCUT2D eigenvalue weighted by molar-refractivity contribution is -0.137. The highest BCUT2D eigenvalue weighted by Gasteiger charge is 2.21. The summed E-state index contributed by atoms with van der Waals surface area (Å²) in [4.78, 5) is 23.1. The van der Waals surface area contributed by atoms with E-state index in [1.54, 1.807) is 33.1 Å². The minimum Gasteiger partial charge on any atom is -0.497 e. The lowest BCUT2D eigenvalue weighted by Gasteiger charge is -2.07. The summed E-state index contributed by atoms with van der Waals surface area (Å²) in [5.41, 5.74) is 1.95. The van der Waals surface area contributed by atoms with Gasteiger partial charge in [-0.05, 0) is 32.0 Å². The monoisotopic (exact) mass is 305 g/mol. The van der Waals surface area contributed by atoms with Crippen molar-refractivity contribution in [2.45, 2.75) is 26.8 Å². The molecule has 118 valence electrons. The van der Waals surface area contributed by atoms with Gasteiger partial charge in [0.05, 0.1) is 25.7 Å². The molecule has 0 unspecified atom stereocenters. The van der Waals surface area contributed by atoms with Gasteiger partial charge in [-0.3, -0.25) is 4.79 Å². The summed E-state index contributed by atoms with van der Waals surface area (Å²) < 4.78 is 12.2. The number of fused-ring (bicyclic) bond motifs is 1. The molecule has 2 rings (SSSR count). The molecule has 0 bridgehead atoms. The highest BCUT2D eigenvalue weighted by Crippen LogP contribution is 2.30. The van der Waals surface area contributed by atoms with Gasteiger partial charge in [0, 0.05) is 23.1 Å². The van der Waals surface area contributed by atoms with Crippen LogP contribution in [0.5, 0.6) is 5.75 Å². The predicted octanol–water partition coefficient (Wildman–Crippen LogP) is 2.61. The summed E-state index contributed by atoms with van der Waals surface area (Å²) >= 11 is 0. The van der Waals surface area contributed by atoms with Gasteiger partial charge in [-0.2, -0.15) is 0 Å². The number of aliphatic carboxylic acids is 1. The largest absolute Gasteiger partial charge is 0.497 e. The zero-order chi connectivity index (χ0) is 16.3. The standard InChI is InChI=1S/C16H19NO5/c1-4-22-16(20)15-10(2)17(8-7-14(18)19)13-6-5-11(21-3)9-12(13)15/h5-6,9H,4,7-8H2,1-3H3,(H,18,19). The molecule has 6 nitrogen and oxygen atoms in total. The van der Waals surface area contributed by atoms with Gasteiger partial charge in [0.25, 0.3) is 0 Å². The zero-order valence-electron chi connectivity index (χ0n) is 12.9. The number of methoxy groups -OCH3 is 1. The Bertz CT molecular complexity index is 717. The zero-order valence-corrected chi connectivity index (χ0v) is 12.9. The fraction of sp³-hybridized carbons (Fsp3) is 0.375. The van der Waals surface area contributed by atoms with Crippen molar-refractivity contribution in [2.75, 3.05) is 13.7 Å². The number of benzene rings is 1. The van der Waals surface area contributed by atoms with Crippen molar-refractivity contribution in [1.82, 2.24) is 4.57 Å². The van der Waals surface area contributed by atoms with Crippen molar-refractivity contribution < 1.29 is 24.2 Å². The third kappa shape index (κ3) is 2.90. The van der Waals surface area contributed by atoms with Crippen LogP contribution in [0.2, 0.25) is 0 Å². The summed E-state index contributed by atoms with van der Waals surface area (Å²) in [7, 11) is 1.56. The molecule has 0 radical (unpaired) electrons. The molecule has 1 aromatic carbocycles. The second-order valence-corrected chi connectivity index (χ2v) is 4.86. The summed E-state index contributed by atoms with van der Waals surface area (Å²) in [5.74, 6) is -0.659. The maximum absolute atomic E-state index is 12.2. The van der Waals surface area contributed by atoms with Crippen LogP contribution in [0.1, 0.15) is 29.4 Å². The molecule has 0 amide bonds. The van der Waals surface area contributed by atoms with E-state index in [-0.39, 0.29) is 13.0 Å². The van der Waals surface area contributed by atoms with Crippen molar-refractivity contribution in [2.24, 2.45) is 0 Å². The Hall–Kier alpha value is -2.50. The first kappa shape index (κ1) is 15.9. The van der Waals surface area contributed by atoms with Crippen molar-refractivity contribution in [3.8, 4) is 5.75 Å². The van der Waals surface area contributed by atoms with E-state index in [0.717, 1.165) is 5.52 Å². The topological polar surface area (TPSA) is 77.8 Å². The molecule has 6 heteroatoms. The van der Waals surface area contributed by atoms with Crippen LogP contribution in [-0.4, -0.2) is 35.3 Å². The smallest absolute Gasteiger partial charge is 0.340 e. The van der Waals surface area contributed by atoms with Gasteiger partial charge in [-0.15, -0.1) is 0 Å². The van der Waals surface area contributed by atoms with Gasteiger partial charge in [-0.1, -0.05) is 0 Å². The Kier molecular flexibility index (Phi) is 4.70. The maximum atomic E-state index is 12.2. The molecule has 0 saturated heterocycles. The quantitative estimate of drug-likeness (QED) is 0.830. The average Bonchev–Trinajstić information content (AvgIpc) is 2.76. The number of ether oxygens (including phenoxy) is 2. The minimum atomic E-state index is -0.882. The third-order valence-electron chi connectivity index (χ3n) is 3.56. The van der Waals surface area contributed by atoms with E-state index >= 15 is 0 Å². The molecule has 0 saturated carbocycles. The molecule has 2 aromatic rings. The fourth-order valence-electron chi connectivity index (χ4n) is 2.54. The van der Waals surface area contributed by atoms with Gasteiger partial charge in [-0.25, -0.2) is 4.79 Å². The average molecular weight is 305 g/mol. The van der Waals surface area contributed by atoms with Gasteiger partial charge in [0.1, 0.15) is 5.75 Å². The number of aryl methyl sites for hydroxylation is 1. The Morgan fingerprint density at radius 1 is 1.32 bits per heavy atom. The van der Waals surface area contributed by atoms with Crippen LogP contribution in [0, 0.1) is 6.92 Å². The molecule has 22 heavy (non-hydrogen) atoms. The lowest BCUT2D eigenvalue weighted by atomic mass is 10.1. The number of carboxylic acid groups (broad SMARTS) is 1. The van der Waals surface area contributed by atoms with Crippen LogP contribution in [0.25, 0.3) is 10.9 Å². The van der Waals surface area contributed by atoms with Crippen LogP contribution < -0.4 is 4.74 Å². The van der Waals surface area contributed by atoms with Crippen molar-refractivity contribution in [3.63, 3.8) is 0 Å². The molecule has 0 aliphatic heterocycles. The minimum absolute atomic E-state index is 0.0150. The van der Waals surface area contributed by atoms with Crippen molar-refractivity contribution >= 4 is 22.8 Å². The van der Waals surface area contributed by atoms with E-state index < -0.39 is 11.9 Å². The first-order valence-corrected chi connectivity index (χ1v) is 7.05. The molecule has 0 fully saturated rings. The van der Waals surface area contributed by atoms with E-state index in [4.69, 9.17) is 14.6 Å². The van der Waals surface area contributed by atoms with Crippen LogP contribution >= 0.6 is 0 Å². The number of hydrogen-bond donors (Lipinski definition) is 1. The summed E-state index contributed by atoms with van der Waals surface area (Å²) in [6.45, 7) is 4.12. The van der Waals surface area contributed by atoms with Gasteiger partial charge in [0.2, 0.25) is 0 Å². The number of nitrogens with zero attached hydrogens (tertiary/aromatic N) is 1. The highest BCUT2D eigenvalue weighted by molar-refractivity contribution is 6.06. The number of carbonyl (C=O) groups is 2. The number of hydrogen-bond acceptors (Lipinski definition) is 4. The maximum Gasteiger partial charge on any atom is 0.340 e. The van der Waals surface area contributed by atoms with E-state index in [1.807, 2.05) is 10.6 Å². The molecule has 0 spiro atoms. The summed E-state index contributed by atoms with van der Waals surface area (Å²) in [6, 6.07) is 5.38. The van der Waals surface area contributed by atoms with Gasteiger partial charge >= 0.3 is 11.9 Å². The number of carbonyl (C=O) groups excluding carboxylic acids is 1. The summed E-state index contributed by atoms with van der Waals surface area (Å²) in [5, 5.41) is 9.60. The first-order valence-electron chi connectivity index (χ1n) is 7.05. The van der Waals surface area contributed by atoms with Crippen molar-refractivity contribution in [1.29, 1.82) is 0 Å². The SMILES string of the molecule is CCOC(=O)c1c(C)n(CCC(=O)O)c2ccc(OC)cc12. The number of carboxylic acids is 1. The Balaban J connectivity index is 2.62. The Morgan fingerprint density at radius 2 is 2.05 bits per heavy atom. The molecule has 1 aromatic heterocycles. The first-order chi connectivity index (χ1) is 10.5. The Morgan fingerprint density at radius 3 is 2.64 bits per heavy atom. The van der Waals surface area contributed by atoms with E-state index in [0.29, 0.717) is 28.9 Å². The van der Waals surface area contributed by atoms with Gasteiger partial charge in [0.15, 0.2) is 0 Å². The normalized spacial score (nSPS) is 10.7. The second-order valence-electron chi connectivity index (χ2n) is 4.86. The molecular weight excluding hydrogens is 286 g/mol. The fourth-order valence-corrected chi connectivity index (χ4v) is 2.54. The molecule has 1 heterocycles. The molecule has 1 N–H and O–H groups in total. The Labute approximate surface area is 128 Å². The predicted molar refractivity (Wildman–Crippen MR) is 81.4 cm³/mol. The molecule has 0 aliphatic rings. The van der Waals surface area contributed by atoms with Crippen LogP contribution in [0.15, 0.2) is 18.2 Å². The summed E-state index contributed by atoms with van der Waals surface area (Å²) in [6.07, 6.45) is -0.0150. The number of rotatable bonds is 6. The molecule has 0 atom stereocenters. The van der Waals surface area contributed by atoms with Gasteiger partial charge < -0.3 is 19.1 Å². The third-order valence-corrected chi connectivity index (χ3v) is 3.56. The van der Waals surface area contributed by atoms with E-state index in [9.17, 15) is 9.59 Å². The van der Waals surface area contributed by atoms with Crippen LogP contribution in [0.4, 0.5) is 0 Å².